The second-order valence-corrected chi connectivity index (χ2v) is 4.92. The highest BCUT2D eigenvalue weighted by Gasteiger charge is 2.05. The van der Waals surface area contributed by atoms with Gasteiger partial charge in [-0.3, -0.25) is 4.40 Å². The summed E-state index contributed by atoms with van der Waals surface area (Å²) >= 11 is 0. The van der Waals surface area contributed by atoms with Crippen LogP contribution in [0, 0.1) is 0 Å². The number of nitrogens with zero attached hydrogens (tertiary/aromatic N) is 3. The molecule has 1 aromatic carbocycles. The summed E-state index contributed by atoms with van der Waals surface area (Å²) < 4.78 is 7.20. The molecule has 0 atom stereocenters. The Morgan fingerprint density at radius 2 is 1.95 bits per heavy atom. The third kappa shape index (κ3) is 3.20. The fourth-order valence-electron chi connectivity index (χ4n) is 2.32. The average molecular weight is 283 g/mol. The molecule has 0 saturated carbocycles. The van der Waals surface area contributed by atoms with Crippen LogP contribution in [-0.2, 0) is 13.0 Å². The Labute approximate surface area is 123 Å². The number of fused-ring (bicyclic) bond motifs is 1. The topological polar surface area (TPSA) is 56.0 Å². The molecule has 0 aliphatic carbocycles. The third-order valence-electron chi connectivity index (χ3n) is 3.50. The van der Waals surface area contributed by atoms with E-state index in [4.69, 9.17) is 4.74 Å². The van der Waals surface area contributed by atoms with Crippen molar-refractivity contribution in [3.05, 3.63) is 60.0 Å². The van der Waals surface area contributed by atoms with Crippen LogP contribution in [0.4, 0.5) is 0 Å². The lowest BCUT2D eigenvalue weighted by atomic mass is 10.2. The van der Waals surface area contributed by atoms with Crippen molar-refractivity contribution in [3.8, 4) is 5.75 Å². The minimum Gasteiger partial charge on any atom is -0.497 e. The SMILES string of the molecule is COc1ccc(C[NH2+]CCc2nnc3ccccn23)cc1. The van der Waals surface area contributed by atoms with E-state index >= 15 is 0 Å². The van der Waals surface area contributed by atoms with Crippen molar-refractivity contribution in [2.45, 2.75) is 13.0 Å². The average Bonchev–Trinajstić information content (AvgIpc) is 2.95. The number of pyridine rings is 1. The Morgan fingerprint density at radius 1 is 1.10 bits per heavy atom. The summed E-state index contributed by atoms with van der Waals surface area (Å²) in [6.45, 7) is 1.95. The van der Waals surface area contributed by atoms with Gasteiger partial charge >= 0.3 is 0 Å². The first-order valence-electron chi connectivity index (χ1n) is 7.10. The molecule has 0 radical (unpaired) electrons. The van der Waals surface area contributed by atoms with Crippen LogP contribution in [0.2, 0.25) is 0 Å². The molecule has 0 amide bonds. The number of hydrogen-bond acceptors (Lipinski definition) is 3. The van der Waals surface area contributed by atoms with Gasteiger partial charge in [0, 0.05) is 11.8 Å². The van der Waals surface area contributed by atoms with Gasteiger partial charge in [-0.05, 0) is 36.4 Å². The van der Waals surface area contributed by atoms with E-state index in [0.717, 1.165) is 36.7 Å². The Bertz CT molecular complexity index is 706. The number of methoxy groups -OCH3 is 1. The molecular weight excluding hydrogens is 264 g/mol. The maximum atomic E-state index is 5.16. The van der Waals surface area contributed by atoms with Gasteiger partial charge in [-0.2, -0.15) is 0 Å². The Kier molecular flexibility index (Phi) is 4.12. The molecule has 0 fully saturated rings. The molecule has 0 bridgehead atoms. The summed E-state index contributed by atoms with van der Waals surface area (Å²) in [5, 5.41) is 10.7. The number of rotatable bonds is 6. The summed E-state index contributed by atoms with van der Waals surface area (Å²) in [6.07, 6.45) is 2.91. The van der Waals surface area contributed by atoms with Crippen LogP contribution in [0.15, 0.2) is 48.7 Å². The van der Waals surface area contributed by atoms with Crippen LogP contribution < -0.4 is 10.1 Å². The zero-order chi connectivity index (χ0) is 14.5. The number of benzene rings is 1. The van der Waals surface area contributed by atoms with Gasteiger partial charge in [0.1, 0.15) is 18.1 Å². The molecule has 3 aromatic rings. The van der Waals surface area contributed by atoms with Crippen molar-refractivity contribution in [2.75, 3.05) is 13.7 Å². The van der Waals surface area contributed by atoms with Gasteiger partial charge in [0.15, 0.2) is 5.65 Å². The molecule has 5 heteroatoms. The van der Waals surface area contributed by atoms with E-state index in [2.05, 4.69) is 27.6 Å². The minimum absolute atomic E-state index is 0.897. The molecule has 3 rings (SSSR count). The smallest absolute Gasteiger partial charge is 0.160 e. The fourth-order valence-corrected chi connectivity index (χ4v) is 2.32. The van der Waals surface area contributed by atoms with E-state index in [9.17, 15) is 0 Å². The van der Waals surface area contributed by atoms with E-state index in [-0.39, 0.29) is 0 Å². The van der Waals surface area contributed by atoms with Crippen LogP contribution in [0.3, 0.4) is 0 Å². The van der Waals surface area contributed by atoms with Crippen molar-refractivity contribution in [1.29, 1.82) is 0 Å². The van der Waals surface area contributed by atoms with Crippen LogP contribution in [0.1, 0.15) is 11.4 Å². The maximum Gasteiger partial charge on any atom is 0.160 e. The quantitative estimate of drug-likeness (QED) is 0.688. The molecule has 2 N–H and O–H groups in total. The second-order valence-electron chi connectivity index (χ2n) is 4.92. The first-order chi connectivity index (χ1) is 10.4. The lowest BCUT2D eigenvalue weighted by Crippen LogP contribution is -2.83. The van der Waals surface area contributed by atoms with Gasteiger partial charge in [-0.1, -0.05) is 6.07 Å². The molecule has 0 spiro atoms. The van der Waals surface area contributed by atoms with Crippen molar-refractivity contribution in [1.82, 2.24) is 14.6 Å². The van der Waals surface area contributed by atoms with Crippen LogP contribution in [0.25, 0.3) is 5.65 Å². The van der Waals surface area contributed by atoms with Crippen molar-refractivity contribution in [3.63, 3.8) is 0 Å². The van der Waals surface area contributed by atoms with Gasteiger partial charge < -0.3 is 10.1 Å². The normalized spacial score (nSPS) is 10.9. The number of hydrogen-bond donors (Lipinski definition) is 1. The highest BCUT2D eigenvalue weighted by atomic mass is 16.5. The third-order valence-corrected chi connectivity index (χ3v) is 3.50. The zero-order valence-corrected chi connectivity index (χ0v) is 12.1. The van der Waals surface area contributed by atoms with Gasteiger partial charge in [-0.25, -0.2) is 0 Å². The summed E-state index contributed by atoms with van der Waals surface area (Å²) in [5.41, 5.74) is 2.20. The minimum atomic E-state index is 0.897. The van der Waals surface area contributed by atoms with Gasteiger partial charge in [-0.15, -0.1) is 10.2 Å². The van der Waals surface area contributed by atoms with Crippen molar-refractivity contribution >= 4 is 5.65 Å². The second kappa shape index (κ2) is 6.37. The summed E-state index contributed by atoms with van der Waals surface area (Å²) in [6, 6.07) is 14.1. The fraction of sp³-hybridized carbons (Fsp3) is 0.250. The molecular formula is C16H19N4O+. The zero-order valence-electron chi connectivity index (χ0n) is 12.1. The van der Waals surface area contributed by atoms with E-state index in [1.807, 2.05) is 40.9 Å². The van der Waals surface area contributed by atoms with Crippen LogP contribution in [-0.4, -0.2) is 28.3 Å². The highest BCUT2D eigenvalue weighted by molar-refractivity contribution is 5.36. The van der Waals surface area contributed by atoms with Gasteiger partial charge in [0.2, 0.25) is 0 Å². The summed E-state index contributed by atoms with van der Waals surface area (Å²) in [5.74, 6) is 1.91. The number of ether oxygens (including phenoxy) is 1. The monoisotopic (exact) mass is 283 g/mol. The Hall–Kier alpha value is -2.40. The molecule has 0 aliphatic rings. The van der Waals surface area contributed by atoms with E-state index in [1.165, 1.54) is 5.56 Å². The van der Waals surface area contributed by atoms with Crippen LogP contribution in [0.5, 0.6) is 5.75 Å². The number of aromatic nitrogens is 3. The lowest BCUT2D eigenvalue weighted by molar-refractivity contribution is -0.670. The summed E-state index contributed by atoms with van der Waals surface area (Å²) in [4.78, 5) is 0. The predicted molar refractivity (Wildman–Crippen MR) is 80.2 cm³/mol. The van der Waals surface area contributed by atoms with Crippen molar-refractivity contribution < 1.29 is 10.1 Å². The van der Waals surface area contributed by atoms with E-state index in [1.54, 1.807) is 7.11 Å². The molecule has 108 valence electrons. The molecule has 21 heavy (non-hydrogen) atoms. The van der Waals surface area contributed by atoms with Gasteiger partial charge in [0.05, 0.1) is 20.1 Å². The Balaban J connectivity index is 1.51. The molecule has 2 aromatic heterocycles. The number of nitrogens with two attached hydrogens (primary N) is 1. The first-order valence-corrected chi connectivity index (χ1v) is 7.10. The number of quaternary nitrogens is 1. The first kappa shape index (κ1) is 13.6. The standard InChI is InChI=1S/C16H18N4O/c1-21-14-7-5-13(6-8-14)12-17-10-9-16-19-18-15-4-2-3-11-20(15)16/h2-8,11,17H,9-10,12H2,1H3/p+1. The molecule has 2 heterocycles. The molecule has 0 saturated heterocycles. The highest BCUT2D eigenvalue weighted by Crippen LogP contribution is 2.10. The molecule has 0 unspecified atom stereocenters. The summed E-state index contributed by atoms with van der Waals surface area (Å²) in [7, 11) is 1.68. The van der Waals surface area contributed by atoms with Crippen LogP contribution >= 0.6 is 0 Å². The molecule has 0 aliphatic heterocycles. The van der Waals surface area contributed by atoms with Crippen molar-refractivity contribution in [2.24, 2.45) is 0 Å². The largest absolute Gasteiger partial charge is 0.497 e. The Morgan fingerprint density at radius 3 is 2.76 bits per heavy atom. The predicted octanol–water partition coefficient (Wildman–Crippen LogP) is 1.04. The maximum absolute atomic E-state index is 5.16. The lowest BCUT2D eigenvalue weighted by Gasteiger charge is -2.03. The van der Waals surface area contributed by atoms with E-state index < -0.39 is 0 Å². The molecule has 5 nitrogen and oxygen atoms in total. The van der Waals surface area contributed by atoms with E-state index in [0.29, 0.717) is 0 Å². The van der Waals surface area contributed by atoms with Gasteiger partial charge in [0.25, 0.3) is 0 Å².